The van der Waals surface area contributed by atoms with E-state index in [1.165, 1.54) is 18.2 Å². The Bertz CT molecular complexity index is 1290. The van der Waals surface area contributed by atoms with Crippen LogP contribution in [0.5, 0.6) is 0 Å². The van der Waals surface area contributed by atoms with E-state index in [2.05, 4.69) is 6.58 Å². The Kier molecular flexibility index (Phi) is 13.2. The summed E-state index contributed by atoms with van der Waals surface area (Å²) >= 11 is 0. The van der Waals surface area contributed by atoms with Gasteiger partial charge in [0.05, 0.1) is 34.4 Å². The fourth-order valence-corrected chi connectivity index (χ4v) is 4.25. The summed E-state index contributed by atoms with van der Waals surface area (Å²) in [5, 5.41) is 26.6. The molecule has 0 bridgehead atoms. The molecule has 2 aromatic carbocycles. The van der Waals surface area contributed by atoms with E-state index >= 15 is 0 Å². The maximum Gasteiger partial charge on any atom is 0.417 e. The van der Waals surface area contributed by atoms with Crippen LogP contribution in [-0.4, -0.2) is 37.9 Å². The lowest BCUT2D eigenvalue weighted by Crippen LogP contribution is -2.34. The fourth-order valence-electron chi connectivity index (χ4n) is 4.25. The third kappa shape index (κ3) is 12.6. The SMILES string of the molecule is C=CCN(CC(C)(C)C)c1ccc(C#N)c(C(F)(F)F)c1.CC(C)(C)CN(CCCO)c1ccc(C#N)c(C(F)(F)F)c1. The first-order valence-corrected chi connectivity index (χ1v) is 13.6. The first-order valence-electron chi connectivity index (χ1n) is 13.6. The molecule has 0 aliphatic rings. The highest BCUT2D eigenvalue weighted by atomic mass is 19.4. The molecule has 0 aliphatic carbocycles. The lowest BCUT2D eigenvalue weighted by molar-refractivity contribution is -0.138. The number of halogens is 6. The van der Waals surface area contributed by atoms with Crippen molar-refractivity contribution in [3.8, 4) is 12.1 Å². The third-order valence-electron chi connectivity index (χ3n) is 5.85. The van der Waals surface area contributed by atoms with Crippen LogP contribution in [0.3, 0.4) is 0 Å². The van der Waals surface area contributed by atoms with Crippen molar-refractivity contribution in [3.63, 3.8) is 0 Å². The van der Waals surface area contributed by atoms with Gasteiger partial charge in [-0.15, -0.1) is 6.58 Å². The van der Waals surface area contributed by atoms with Crippen molar-refractivity contribution in [2.45, 2.75) is 60.3 Å². The highest BCUT2D eigenvalue weighted by Crippen LogP contribution is 2.36. The number of nitrogens with zero attached hydrogens (tertiary/aromatic N) is 4. The number of anilines is 2. The average Bonchev–Trinajstić information content (AvgIpc) is 2.88. The molecule has 0 aliphatic heterocycles. The summed E-state index contributed by atoms with van der Waals surface area (Å²) in [6, 6.07) is 10.7. The maximum absolute atomic E-state index is 13.1. The van der Waals surface area contributed by atoms with E-state index in [0.717, 1.165) is 12.1 Å². The minimum Gasteiger partial charge on any atom is -0.396 e. The second-order valence-corrected chi connectivity index (χ2v) is 12.5. The molecular weight excluding hydrogens is 570 g/mol. The zero-order valence-electron chi connectivity index (χ0n) is 25.5. The van der Waals surface area contributed by atoms with Crippen LogP contribution in [0.4, 0.5) is 37.7 Å². The van der Waals surface area contributed by atoms with E-state index in [1.54, 1.807) is 24.3 Å². The second-order valence-electron chi connectivity index (χ2n) is 12.5. The van der Waals surface area contributed by atoms with Crippen LogP contribution < -0.4 is 9.80 Å². The number of hydrogen-bond acceptors (Lipinski definition) is 5. The third-order valence-corrected chi connectivity index (χ3v) is 5.85. The number of nitriles is 2. The fraction of sp³-hybridized carbons (Fsp3) is 0.500. The van der Waals surface area contributed by atoms with Crippen LogP contribution in [0.2, 0.25) is 0 Å². The van der Waals surface area contributed by atoms with Gasteiger partial charge < -0.3 is 14.9 Å². The quantitative estimate of drug-likeness (QED) is 0.228. The van der Waals surface area contributed by atoms with Gasteiger partial charge in [0.15, 0.2) is 0 Å². The predicted molar refractivity (Wildman–Crippen MR) is 158 cm³/mol. The summed E-state index contributed by atoms with van der Waals surface area (Å²) in [4.78, 5) is 3.63. The van der Waals surface area contributed by atoms with Crippen molar-refractivity contribution < 1.29 is 31.4 Å². The molecule has 11 heteroatoms. The Morgan fingerprint density at radius 2 is 1.14 bits per heavy atom. The molecule has 0 amide bonds. The molecule has 236 valence electrons. The number of alkyl halides is 6. The summed E-state index contributed by atoms with van der Waals surface area (Å²) < 4.78 is 78.2. The molecule has 0 saturated heterocycles. The number of hydrogen-bond donors (Lipinski definition) is 1. The van der Waals surface area contributed by atoms with Gasteiger partial charge in [-0.3, -0.25) is 0 Å². The van der Waals surface area contributed by atoms with Crippen LogP contribution in [0.25, 0.3) is 0 Å². The predicted octanol–water partition coefficient (Wildman–Crippen LogP) is 8.43. The van der Waals surface area contributed by atoms with Gasteiger partial charge in [-0.1, -0.05) is 47.6 Å². The first-order chi connectivity index (χ1) is 19.7. The van der Waals surface area contributed by atoms with Crippen molar-refractivity contribution in [2.24, 2.45) is 10.8 Å². The van der Waals surface area contributed by atoms with Gasteiger partial charge in [0, 0.05) is 44.2 Å². The van der Waals surface area contributed by atoms with Crippen molar-refractivity contribution in [1.82, 2.24) is 0 Å². The lowest BCUT2D eigenvalue weighted by Gasteiger charge is -2.32. The Labute approximate surface area is 250 Å². The number of rotatable bonds is 9. The Hall–Kier alpha value is -3.70. The summed E-state index contributed by atoms with van der Waals surface area (Å²) in [6.07, 6.45) is -6.98. The summed E-state index contributed by atoms with van der Waals surface area (Å²) in [5.41, 5.74) is -1.89. The molecule has 0 unspecified atom stereocenters. The minimum atomic E-state index is -4.56. The lowest BCUT2D eigenvalue weighted by atomic mass is 9.95. The average molecular weight is 611 g/mol. The highest BCUT2D eigenvalue weighted by Gasteiger charge is 2.35. The molecule has 0 radical (unpaired) electrons. The molecule has 0 aromatic heterocycles. The first kappa shape index (κ1) is 37.3. The van der Waals surface area contributed by atoms with Crippen LogP contribution in [0.1, 0.15) is 70.2 Å². The van der Waals surface area contributed by atoms with E-state index in [1.807, 2.05) is 51.3 Å². The topological polar surface area (TPSA) is 74.3 Å². The van der Waals surface area contributed by atoms with Gasteiger partial charge in [-0.25, -0.2) is 0 Å². The number of aliphatic hydroxyl groups excluding tert-OH is 1. The largest absolute Gasteiger partial charge is 0.417 e. The Balaban J connectivity index is 0.000000430. The number of aliphatic hydroxyl groups is 1. The van der Waals surface area contributed by atoms with Crippen LogP contribution in [-0.2, 0) is 12.4 Å². The molecule has 43 heavy (non-hydrogen) atoms. The minimum absolute atomic E-state index is 0.0248. The molecular formula is C32H40F6N4O. The highest BCUT2D eigenvalue weighted by molar-refractivity contribution is 5.56. The normalized spacial score (nSPS) is 12.0. The van der Waals surface area contributed by atoms with Crippen molar-refractivity contribution in [1.29, 1.82) is 10.5 Å². The number of benzene rings is 2. The van der Waals surface area contributed by atoms with Gasteiger partial charge in [-0.05, 0) is 53.6 Å². The van der Waals surface area contributed by atoms with E-state index < -0.39 is 23.5 Å². The summed E-state index contributed by atoms with van der Waals surface area (Å²) in [7, 11) is 0. The summed E-state index contributed by atoms with van der Waals surface area (Å²) in [5.74, 6) is 0. The molecule has 2 aromatic rings. The van der Waals surface area contributed by atoms with E-state index in [9.17, 15) is 26.3 Å². The standard InChI is InChI=1S/C16H21F3N2O.C16H19F3N2/c1-15(2,3)11-21(7-4-8-22)13-6-5-12(10-20)14(9-13)16(17,18)19;1-5-8-21(11-15(2,3)4)13-7-6-12(10-20)14(9-13)16(17,18)19/h5-6,9,22H,4,7-8,11H2,1-3H3;5-7,9H,1,8,11H2,2-4H3. The zero-order chi connectivity index (χ0) is 33.2. The summed E-state index contributed by atoms with van der Waals surface area (Å²) in [6.45, 7) is 17.7. The van der Waals surface area contributed by atoms with Gasteiger partial charge in [0.25, 0.3) is 0 Å². The smallest absolute Gasteiger partial charge is 0.396 e. The van der Waals surface area contributed by atoms with E-state index in [-0.39, 0.29) is 28.6 Å². The maximum atomic E-state index is 13.1. The van der Waals surface area contributed by atoms with E-state index in [0.29, 0.717) is 44.0 Å². The molecule has 2 rings (SSSR count). The second kappa shape index (κ2) is 15.2. The Morgan fingerprint density at radius 1 is 0.744 bits per heavy atom. The van der Waals surface area contributed by atoms with Gasteiger partial charge in [0.1, 0.15) is 0 Å². The van der Waals surface area contributed by atoms with E-state index in [4.69, 9.17) is 15.6 Å². The molecule has 0 spiro atoms. The Morgan fingerprint density at radius 3 is 1.47 bits per heavy atom. The molecule has 0 heterocycles. The van der Waals surface area contributed by atoms with Crippen LogP contribution >= 0.6 is 0 Å². The molecule has 1 N–H and O–H groups in total. The van der Waals surface area contributed by atoms with Gasteiger partial charge >= 0.3 is 12.4 Å². The van der Waals surface area contributed by atoms with Gasteiger partial charge in [0.2, 0.25) is 0 Å². The monoisotopic (exact) mass is 610 g/mol. The van der Waals surface area contributed by atoms with Crippen molar-refractivity contribution in [2.75, 3.05) is 42.6 Å². The molecule has 5 nitrogen and oxygen atoms in total. The zero-order valence-corrected chi connectivity index (χ0v) is 25.5. The van der Waals surface area contributed by atoms with Crippen LogP contribution in [0, 0.1) is 33.5 Å². The van der Waals surface area contributed by atoms with Crippen molar-refractivity contribution >= 4 is 11.4 Å². The molecule has 0 atom stereocenters. The molecule has 0 fully saturated rings. The van der Waals surface area contributed by atoms with Crippen molar-refractivity contribution in [3.05, 3.63) is 71.3 Å². The van der Waals surface area contributed by atoms with Gasteiger partial charge in [-0.2, -0.15) is 36.9 Å². The van der Waals surface area contributed by atoms with Crippen LogP contribution in [0.15, 0.2) is 49.1 Å². The molecule has 0 saturated carbocycles.